The number of Topliss-reactive ketones (excluding diaryl/α,β-unsaturated/α-hetero) is 1. The standard InChI is InChI=1S/C19H21ClO6/c1-19(2,3)16(21)7-12(18(23)25-5)10-8-17(22)26-14-9-15(24-4)13(20)6-11(10)14/h6,8-9,12H,7H2,1-5H3. The SMILES string of the molecule is COC(=O)C(CC(=O)C(C)(C)C)c1cc(=O)oc2cc(OC)c(Cl)cc12. The third kappa shape index (κ3) is 4.07. The molecule has 1 heterocycles. The van der Waals surface area contributed by atoms with E-state index in [1.807, 2.05) is 0 Å². The van der Waals surface area contributed by atoms with Crippen molar-refractivity contribution in [1.82, 2.24) is 0 Å². The number of hydrogen-bond acceptors (Lipinski definition) is 6. The molecule has 6 nitrogen and oxygen atoms in total. The van der Waals surface area contributed by atoms with Gasteiger partial charge in [-0.05, 0) is 11.6 Å². The largest absolute Gasteiger partial charge is 0.495 e. The van der Waals surface area contributed by atoms with Crippen molar-refractivity contribution < 1.29 is 23.5 Å². The van der Waals surface area contributed by atoms with Gasteiger partial charge in [-0.15, -0.1) is 0 Å². The second kappa shape index (κ2) is 7.50. The van der Waals surface area contributed by atoms with Crippen molar-refractivity contribution in [3.8, 4) is 5.75 Å². The van der Waals surface area contributed by atoms with Crippen molar-refractivity contribution in [3.63, 3.8) is 0 Å². The van der Waals surface area contributed by atoms with Crippen molar-refractivity contribution in [1.29, 1.82) is 0 Å². The summed E-state index contributed by atoms with van der Waals surface area (Å²) in [7, 11) is 2.68. The van der Waals surface area contributed by atoms with Crippen LogP contribution in [0.25, 0.3) is 11.0 Å². The third-order valence-corrected chi connectivity index (χ3v) is 4.43. The summed E-state index contributed by atoms with van der Waals surface area (Å²) in [4.78, 5) is 36.9. The summed E-state index contributed by atoms with van der Waals surface area (Å²) in [5.41, 5.74) is -0.729. The van der Waals surface area contributed by atoms with Crippen LogP contribution in [-0.2, 0) is 14.3 Å². The summed E-state index contributed by atoms with van der Waals surface area (Å²) < 4.78 is 15.2. The first-order chi connectivity index (χ1) is 12.1. The number of hydrogen-bond donors (Lipinski definition) is 0. The molecule has 0 bridgehead atoms. The van der Waals surface area contributed by atoms with Gasteiger partial charge in [-0.3, -0.25) is 9.59 Å². The molecule has 0 fully saturated rings. The molecule has 1 unspecified atom stereocenters. The Kier molecular flexibility index (Phi) is 5.76. The van der Waals surface area contributed by atoms with Gasteiger partial charge in [0.25, 0.3) is 0 Å². The molecule has 1 aromatic heterocycles. The molecule has 2 aromatic rings. The lowest BCUT2D eigenvalue weighted by Crippen LogP contribution is -2.26. The molecule has 0 spiro atoms. The number of ether oxygens (including phenoxy) is 2. The second-order valence-corrected chi connectivity index (χ2v) is 7.36. The average Bonchev–Trinajstić information content (AvgIpc) is 2.57. The topological polar surface area (TPSA) is 82.8 Å². The number of benzene rings is 1. The molecule has 140 valence electrons. The van der Waals surface area contributed by atoms with E-state index in [-0.39, 0.29) is 17.8 Å². The fraction of sp³-hybridized carbons (Fsp3) is 0.421. The van der Waals surface area contributed by atoms with Crippen LogP contribution >= 0.6 is 11.6 Å². The molecule has 0 radical (unpaired) electrons. The summed E-state index contributed by atoms with van der Waals surface area (Å²) >= 11 is 6.18. The highest BCUT2D eigenvalue weighted by Crippen LogP contribution is 2.35. The normalized spacial score (nSPS) is 12.7. The monoisotopic (exact) mass is 380 g/mol. The van der Waals surface area contributed by atoms with Crippen LogP contribution < -0.4 is 10.4 Å². The quantitative estimate of drug-likeness (QED) is 0.580. The number of methoxy groups -OCH3 is 2. The van der Waals surface area contributed by atoms with Crippen LogP contribution in [-0.4, -0.2) is 26.0 Å². The minimum atomic E-state index is -0.942. The molecule has 0 aliphatic carbocycles. The number of fused-ring (bicyclic) bond motifs is 1. The zero-order valence-corrected chi connectivity index (χ0v) is 16.1. The first kappa shape index (κ1) is 20.0. The van der Waals surface area contributed by atoms with Crippen LogP contribution in [0.3, 0.4) is 0 Å². The van der Waals surface area contributed by atoms with Gasteiger partial charge < -0.3 is 13.9 Å². The van der Waals surface area contributed by atoms with E-state index in [0.29, 0.717) is 21.7 Å². The van der Waals surface area contributed by atoms with Crippen LogP contribution in [0, 0.1) is 5.41 Å². The van der Waals surface area contributed by atoms with Crippen molar-refractivity contribution in [3.05, 3.63) is 39.2 Å². The summed E-state index contributed by atoms with van der Waals surface area (Å²) in [5.74, 6) is -1.35. The van der Waals surface area contributed by atoms with Gasteiger partial charge in [0.1, 0.15) is 17.1 Å². The molecular weight excluding hydrogens is 360 g/mol. The molecule has 0 N–H and O–H groups in total. The number of rotatable bonds is 5. The Bertz CT molecular complexity index is 907. The number of halogens is 1. The van der Waals surface area contributed by atoms with E-state index in [1.54, 1.807) is 26.8 Å². The molecule has 0 saturated heterocycles. The van der Waals surface area contributed by atoms with E-state index < -0.39 is 22.9 Å². The van der Waals surface area contributed by atoms with Crippen molar-refractivity contribution >= 4 is 34.3 Å². The lowest BCUT2D eigenvalue weighted by Gasteiger charge is -2.21. The second-order valence-electron chi connectivity index (χ2n) is 6.96. The zero-order chi connectivity index (χ0) is 19.6. The molecule has 2 rings (SSSR count). The van der Waals surface area contributed by atoms with E-state index >= 15 is 0 Å². The van der Waals surface area contributed by atoms with E-state index in [0.717, 1.165) is 0 Å². The maximum absolute atomic E-state index is 12.5. The minimum absolute atomic E-state index is 0.0988. The molecule has 0 amide bonds. The van der Waals surface area contributed by atoms with E-state index in [9.17, 15) is 14.4 Å². The minimum Gasteiger partial charge on any atom is -0.495 e. The van der Waals surface area contributed by atoms with Crippen molar-refractivity contribution in [2.45, 2.75) is 33.1 Å². The van der Waals surface area contributed by atoms with Crippen LogP contribution in [0.2, 0.25) is 5.02 Å². The fourth-order valence-electron chi connectivity index (χ4n) is 2.59. The summed E-state index contributed by atoms with van der Waals surface area (Å²) in [6.07, 6.45) is -0.0988. The van der Waals surface area contributed by atoms with Gasteiger partial charge in [-0.2, -0.15) is 0 Å². The number of esters is 1. The van der Waals surface area contributed by atoms with Gasteiger partial charge in [0.05, 0.1) is 25.2 Å². The molecule has 7 heteroatoms. The summed E-state index contributed by atoms with van der Waals surface area (Å²) in [5, 5.41) is 0.744. The first-order valence-electron chi connectivity index (χ1n) is 8.01. The van der Waals surface area contributed by atoms with Crippen LogP contribution in [0.1, 0.15) is 38.7 Å². The van der Waals surface area contributed by atoms with Crippen molar-refractivity contribution in [2.75, 3.05) is 14.2 Å². The van der Waals surface area contributed by atoms with E-state index in [1.165, 1.54) is 26.4 Å². The number of carbonyl (C=O) groups excluding carboxylic acids is 2. The van der Waals surface area contributed by atoms with Crippen molar-refractivity contribution in [2.24, 2.45) is 5.41 Å². The van der Waals surface area contributed by atoms with E-state index in [2.05, 4.69) is 0 Å². The Balaban J connectivity index is 2.69. The molecule has 0 aliphatic rings. The lowest BCUT2D eigenvalue weighted by atomic mass is 9.82. The molecular formula is C19H21ClO6. The Morgan fingerprint density at radius 3 is 2.38 bits per heavy atom. The Morgan fingerprint density at radius 1 is 1.19 bits per heavy atom. The smallest absolute Gasteiger partial charge is 0.336 e. The first-order valence-corrected chi connectivity index (χ1v) is 8.38. The highest BCUT2D eigenvalue weighted by atomic mass is 35.5. The number of carbonyl (C=O) groups is 2. The maximum Gasteiger partial charge on any atom is 0.336 e. The highest BCUT2D eigenvalue weighted by Gasteiger charge is 2.32. The van der Waals surface area contributed by atoms with Crippen LogP contribution in [0.4, 0.5) is 0 Å². The summed E-state index contributed by atoms with van der Waals surface area (Å²) in [6, 6.07) is 4.22. The highest BCUT2D eigenvalue weighted by molar-refractivity contribution is 6.32. The van der Waals surface area contributed by atoms with E-state index in [4.69, 9.17) is 25.5 Å². The molecule has 0 aliphatic heterocycles. The molecule has 0 saturated carbocycles. The van der Waals surface area contributed by atoms with Gasteiger partial charge in [0.15, 0.2) is 0 Å². The molecule has 1 aromatic carbocycles. The molecule has 26 heavy (non-hydrogen) atoms. The molecule has 1 atom stereocenters. The number of ketones is 1. The predicted octanol–water partition coefficient (Wildman–Crippen LogP) is 3.72. The average molecular weight is 381 g/mol. The predicted molar refractivity (Wildman–Crippen MR) is 97.9 cm³/mol. The Labute approximate surface area is 156 Å². The Hall–Kier alpha value is -2.34. The fourth-order valence-corrected chi connectivity index (χ4v) is 2.83. The van der Waals surface area contributed by atoms with Crippen LogP contribution in [0.15, 0.2) is 27.4 Å². The lowest BCUT2D eigenvalue weighted by molar-refractivity contribution is -0.144. The maximum atomic E-state index is 12.5. The zero-order valence-electron chi connectivity index (χ0n) is 15.3. The van der Waals surface area contributed by atoms with Gasteiger partial charge in [-0.1, -0.05) is 32.4 Å². The third-order valence-electron chi connectivity index (χ3n) is 4.14. The van der Waals surface area contributed by atoms with Gasteiger partial charge in [0.2, 0.25) is 0 Å². The van der Waals surface area contributed by atoms with Gasteiger partial charge in [0, 0.05) is 29.4 Å². The summed E-state index contributed by atoms with van der Waals surface area (Å²) in [6.45, 7) is 5.30. The van der Waals surface area contributed by atoms with Crippen LogP contribution in [0.5, 0.6) is 5.75 Å². The van der Waals surface area contributed by atoms with Gasteiger partial charge in [-0.25, -0.2) is 4.79 Å². The Morgan fingerprint density at radius 2 is 1.85 bits per heavy atom. The van der Waals surface area contributed by atoms with Gasteiger partial charge >= 0.3 is 11.6 Å².